The van der Waals surface area contributed by atoms with Crippen molar-refractivity contribution in [3.8, 4) is 0 Å². The predicted octanol–water partition coefficient (Wildman–Crippen LogP) is 3.98. The Bertz CT molecular complexity index is 1180. The number of anilines is 1. The van der Waals surface area contributed by atoms with E-state index in [-0.39, 0.29) is 16.8 Å². The first-order valence-corrected chi connectivity index (χ1v) is 12.5. The molecule has 7 nitrogen and oxygen atoms in total. The van der Waals surface area contributed by atoms with Gasteiger partial charge in [-0.2, -0.15) is 0 Å². The SMILES string of the molecule is Cc1ccc(N(C)S(=O)(=O)c2cccc(C(=O)NC[C@@H](c3ccco3)N3CCCC3)c2)cc1. The number of carbonyl (C=O) groups is 1. The van der Waals surface area contributed by atoms with Crippen LogP contribution in [0.3, 0.4) is 0 Å². The molecule has 2 heterocycles. The van der Waals surface area contributed by atoms with Crippen LogP contribution in [-0.4, -0.2) is 45.9 Å². The Labute approximate surface area is 195 Å². The van der Waals surface area contributed by atoms with E-state index in [4.69, 9.17) is 4.42 Å². The van der Waals surface area contributed by atoms with Crippen LogP contribution >= 0.6 is 0 Å². The van der Waals surface area contributed by atoms with Gasteiger partial charge in [-0.05, 0) is 75.3 Å². The van der Waals surface area contributed by atoms with Crippen molar-refractivity contribution in [2.75, 3.05) is 31.0 Å². The first-order valence-electron chi connectivity index (χ1n) is 11.1. The number of hydrogen-bond donors (Lipinski definition) is 1. The number of hydrogen-bond acceptors (Lipinski definition) is 5. The summed E-state index contributed by atoms with van der Waals surface area (Å²) in [6.07, 6.45) is 3.89. The zero-order valence-electron chi connectivity index (χ0n) is 18.9. The van der Waals surface area contributed by atoms with Crippen LogP contribution in [0.1, 0.15) is 40.6 Å². The molecule has 0 aliphatic carbocycles. The molecule has 1 aliphatic heterocycles. The second-order valence-corrected chi connectivity index (χ2v) is 10.3. The highest BCUT2D eigenvalue weighted by atomic mass is 32.2. The lowest BCUT2D eigenvalue weighted by Gasteiger charge is -2.26. The minimum atomic E-state index is -3.81. The fraction of sp³-hybridized carbons (Fsp3) is 0.320. The van der Waals surface area contributed by atoms with E-state index >= 15 is 0 Å². The predicted molar refractivity (Wildman–Crippen MR) is 128 cm³/mol. The molecule has 1 atom stereocenters. The summed E-state index contributed by atoms with van der Waals surface area (Å²) in [5.41, 5.74) is 1.90. The monoisotopic (exact) mass is 467 g/mol. The molecular formula is C25H29N3O4S. The van der Waals surface area contributed by atoms with Crippen molar-refractivity contribution in [2.45, 2.75) is 30.7 Å². The van der Waals surface area contributed by atoms with Gasteiger partial charge < -0.3 is 9.73 Å². The number of likely N-dealkylation sites (tertiary alicyclic amines) is 1. The minimum absolute atomic E-state index is 0.0500. The second kappa shape index (κ2) is 9.80. The number of furan rings is 1. The van der Waals surface area contributed by atoms with Gasteiger partial charge in [0.25, 0.3) is 15.9 Å². The number of benzene rings is 2. The summed E-state index contributed by atoms with van der Waals surface area (Å²) >= 11 is 0. The number of rotatable bonds is 8. The van der Waals surface area contributed by atoms with Crippen molar-refractivity contribution in [2.24, 2.45) is 0 Å². The Balaban J connectivity index is 1.49. The van der Waals surface area contributed by atoms with Gasteiger partial charge in [0.05, 0.1) is 22.9 Å². The summed E-state index contributed by atoms with van der Waals surface area (Å²) < 4.78 is 33.2. The van der Waals surface area contributed by atoms with Crippen LogP contribution in [0.5, 0.6) is 0 Å². The molecule has 0 radical (unpaired) electrons. The molecule has 4 rings (SSSR count). The molecule has 8 heteroatoms. The Morgan fingerprint density at radius 3 is 2.48 bits per heavy atom. The van der Waals surface area contributed by atoms with Crippen molar-refractivity contribution in [1.29, 1.82) is 0 Å². The highest BCUT2D eigenvalue weighted by molar-refractivity contribution is 7.92. The van der Waals surface area contributed by atoms with Crippen LogP contribution in [0.15, 0.2) is 76.2 Å². The molecule has 3 aromatic rings. The number of aryl methyl sites for hydroxylation is 1. The van der Waals surface area contributed by atoms with E-state index in [1.54, 1.807) is 30.5 Å². The molecule has 0 saturated carbocycles. The first kappa shape index (κ1) is 23.1. The number of nitrogens with one attached hydrogen (secondary N) is 1. The molecule has 2 aromatic carbocycles. The van der Waals surface area contributed by atoms with Gasteiger partial charge >= 0.3 is 0 Å². The number of nitrogens with zero attached hydrogens (tertiary/aromatic N) is 2. The molecule has 1 fully saturated rings. The van der Waals surface area contributed by atoms with Crippen LogP contribution in [0.4, 0.5) is 5.69 Å². The Hall–Kier alpha value is -3.10. The Morgan fingerprint density at radius 2 is 1.82 bits per heavy atom. The van der Waals surface area contributed by atoms with E-state index in [2.05, 4.69) is 10.2 Å². The summed E-state index contributed by atoms with van der Waals surface area (Å²) in [6, 6.07) is 17.1. The maximum absolute atomic E-state index is 13.2. The molecule has 33 heavy (non-hydrogen) atoms. The van der Waals surface area contributed by atoms with Crippen molar-refractivity contribution in [1.82, 2.24) is 10.2 Å². The fourth-order valence-corrected chi connectivity index (χ4v) is 5.33. The second-order valence-electron chi connectivity index (χ2n) is 8.32. The maximum atomic E-state index is 13.2. The zero-order valence-corrected chi connectivity index (χ0v) is 19.7. The average molecular weight is 468 g/mol. The van der Waals surface area contributed by atoms with Crippen molar-refractivity contribution < 1.29 is 17.6 Å². The lowest BCUT2D eigenvalue weighted by molar-refractivity contribution is 0.0933. The van der Waals surface area contributed by atoms with E-state index in [9.17, 15) is 13.2 Å². The molecule has 1 saturated heterocycles. The van der Waals surface area contributed by atoms with Crippen molar-refractivity contribution in [3.63, 3.8) is 0 Å². The molecular weight excluding hydrogens is 438 g/mol. The molecule has 1 amide bonds. The third-order valence-corrected chi connectivity index (χ3v) is 7.84. The Kier molecular flexibility index (Phi) is 6.85. The lowest BCUT2D eigenvalue weighted by atomic mass is 10.1. The largest absolute Gasteiger partial charge is 0.468 e. The van der Waals surface area contributed by atoms with Gasteiger partial charge in [0, 0.05) is 19.2 Å². The minimum Gasteiger partial charge on any atom is -0.468 e. The highest BCUT2D eigenvalue weighted by Crippen LogP contribution is 2.26. The van der Waals surface area contributed by atoms with Gasteiger partial charge in [0.2, 0.25) is 0 Å². The van der Waals surface area contributed by atoms with Crippen LogP contribution in [0.25, 0.3) is 0 Å². The first-order chi connectivity index (χ1) is 15.9. The third kappa shape index (κ3) is 5.12. The van der Waals surface area contributed by atoms with Crippen LogP contribution < -0.4 is 9.62 Å². The molecule has 1 aliphatic rings. The van der Waals surface area contributed by atoms with Gasteiger partial charge in [-0.15, -0.1) is 0 Å². The third-order valence-electron chi connectivity index (χ3n) is 6.06. The summed E-state index contributed by atoms with van der Waals surface area (Å²) in [6.45, 7) is 4.24. The van der Waals surface area contributed by atoms with Crippen molar-refractivity contribution in [3.05, 3.63) is 83.8 Å². The topological polar surface area (TPSA) is 82.9 Å². The van der Waals surface area contributed by atoms with Gasteiger partial charge in [-0.1, -0.05) is 23.8 Å². The molecule has 0 spiro atoms. The molecule has 1 aromatic heterocycles. The quantitative estimate of drug-likeness (QED) is 0.542. The summed E-state index contributed by atoms with van der Waals surface area (Å²) in [7, 11) is -2.30. The van der Waals surface area contributed by atoms with Gasteiger partial charge in [0.1, 0.15) is 5.76 Å². The van der Waals surface area contributed by atoms with Gasteiger partial charge in [-0.25, -0.2) is 8.42 Å². The Morgan fingerprint density at radius 1 is 1.09 bits per heavy atom. The zero-order chi connectivity index (χ0) is 23.4. The van der Waals surface area contributed by atoms with Gasteiger partial charge in [0.15, 0.2) is 0 Å². The smallest absolute Gasteiger partial charge is 0.264 e. The van der Waals surface area contributed by atoms with Crippen LogP contribution in [0.2, 0.25) is 0 Å². The molecule has 0 unspecified atom stereocenters. The van der Waals surface area contributed by atoms with Crippen molar-refractivity contribution >= 4 is 21.6 Å². The number of carbonyl (C=O) groups excluding carboxylic acids is 1. The van der Waals surface area contributed by atoms with E-state index in [1.807, 2.05) is 31.2 Å². The van der Waals surface area contributed by atoms with E-state index in [0.29, 0.717) is 17.8 Å². The molecule has 0 bridgehead atoms. The van der Waals surface area contributed by atoms with Crippen LogP contribution in [0, 0.1) is 6.92 Å². The summed E-state index contributed by atoms with van der Waals surface area (Å²) in [5.74, 6) is 0.494. The number of sulfonamides is 1. The van der Waals surface area contributed by atoms with E-state index in [0.717, 1.165) is 37.3 Å². The highest BCUT2D eigenvalue weighted by Gasteiger charge is 2.27. The molecule has 1 N–H and O–H groups in total. The standard InChI is InChI=1S/C25H29N3O4S/c1-19-10-12-21(13-11-19)27(2)33(30,31)22-8-5-7-20(17-22)25(29)26-18-23(24-9-6-16-32-24)28-14-3-4-15-28/h5-13,16-17,23H,3-4,14-15,18H2,1-2H3,(H,26,29)/t23-/m0/s1. The van der Waals surface area contributed by atoms with Gasteiger partial charge in [-0.3, -0.25) is 14.0 Å². The normalized spacial score (nSPS) is 15.3. The lowest BCUT2D eigenvalue weighted by Crippen LogP contribution is -2.36. The number of amides is 1. The van der Waals surface area contributed by atoms with E-state index < -0.39 is 10.0 Å². The average Bonchev–Trinajstić information content (AvgIpc) is 3.54. The van der Waals surface area contributed by atoms with E-state index in [1.165, 1.54) is 23.5 Å². The summed E-state index contributed by atoms with van der Waals surface area (Å²) in [4.78, 5) is 15.3. The summed E-state index contributed by atoms with van der Waals surface area (Å²) in [5, 5.41) is 2.96. The fourth-order valence-electron chi connectivity index (χ4n) is 4.08. The maximum Gasteiger partial charge on any atom is 0.264 e. The van der Waals surface area contributed by atoms with Crippen LogP contribution in [-0.2, 0) is 10.0 Å². The molecule has 174 valence electrons.